The zero-order chi connectivity index (χ0) is 12.8. The van der Waals surface area contributed by atoms with E-state index in [0.717, 1.165) is 12.2 Å². The van der Waals surface area contributed by atoms with Gasteiger partial charge >= 0.3 is 0 Å². The summed E-state index contributed by atoms with van der Waals surface area (Å²) < 4.78 is 2.03. The van der Waals surface area contributed by atoms with Crippen molar-refractivity contribution in [3.8, 4) is 0 Å². The zero-order valence-corrected chi connectivity index (χ0v) is 10.4. The minimum absolute atomic E-state index is 0.0490. The minimum atomic E-state index is -0.0490. The van der Waals surface area contributed by atoms with Crippen LogP contribution in [0.4, 0.5) is 5.69 Å². The molecule has 18 heavy (non-hydrogen) atoms. The van der Waals surface area contributed by atoms with Crippen molar-refractivity contribution in [1.29, 1.82) is 0 Å². The summed E-state index contributed by atoms with van der Waals surface area (Å²) in [6, 6.07) is 11.4. The Balaban J connectivity index is 1.91. The van der Waals surface area contributed by atoms with E-state index >= 15 is 0 Å². The van der Waals surface area contributed by atoms with Crippen LogP contribution in [-0.2, 0) is 6.54 Å². The molecule has 1 heterocycles. The number of rotatable bonds is 5. The Labute approximate surface area is 107 Å². The van der Waals surface area contributed by atoms with Crippen molar-refractivity contribution in [2.75, 3.05) is 18.9 Å². The smallest absolute Gasteiger partial charge is 0.253 e. The van der Waals surface area contributed by atoms with E-state index in [1.165, 1.54) is 0 Å². The molecular weight excluding hydrogens is 226 g/mol. The first kappa shape index (κ1) is 12.2. The first-order chi connectivity index (χ1) is 8.81. The van der Waals surface area contributed by atoms with Crippen molar-refractivity contribution in [2.45, 2.75) is 6.54 Å². The molecule has 0 unspecified atom stereocenters. The van der Waals surface area contributed by atoms with Gasteiger partial charge in [-0.25, -0.2) is 0 Å². The SMILES string of the molecule is CNc1ccccc1C(=O)NCCn1cccc1. The molecule has 0 radical (unpaired) electrons. The van der Waals surface area contributed by atoms with Crippen LogP contribution in [0.3, 0.4) is 0 Å². The van der Waals surface area contributed by atoms with Crippen LogP contribution in [0.1, 0.15) is 10.4 Å². The van der Waals surface area contributed by atoms with E-state index in [2.05, 4.69) is 10.6 Å². The Hall–Kier alpha value is -2.23. The highest BCUT2D eigenvalue weighted by Crippen LogP contribution is 2.13. The third kappa shape index (κ3) is 2.91. The number of benzene rings is 1. The fourth-order valence-electron chi connectivity index (χ4n) is 1.81. The summed E-state index contributed by atoms with van der Waals surface area (Å²) in [5.74, 6) is -0.0490. The fourth-order valence-corrected chi connectivity index (χ4v) is 1.81. The third-order valence-corrected chi connectivity index (χ3v) is 2.76. The van der Waals surface area contributed by atoms with E-state index in [9.17, 15) is 4.79 Å². The predicted molar refractivity (Wildman–Crippen MR) is 72.8 cm³/mol. The highest BCUT2D eigenvalue weighted by Gasteiger charge is 2.08. The molecule has 1 aromatic carbocycles. The van der Waals surface area contributed by atoms with Gasteiger partial charge in [0.15, 0.2) is 0 Å². The van der Waals surface area contributed by atoms with Gasteiger partial charge in [-0.05, 0) is 24.3 Å². The summed E-state index contributed by atoms with van der Waals surface area (Å²) in [4.78, 5) is 12.0. The summed E-state index contributed by atoms with van der Waals surface area (Å²) >= 11 is 0. The van der Waals surface area contributed by atoms with Gasteiger partial charge in [-0.15, -0.1) is 0 Å². The van der Waals surface area contributed by atoms with Crippen LogP contribution in [0.25, 0.3) is 0 Å². The zero-order valence-electron chi connectivity index (χ0n) is 10.4. The molecule has 0 saturated carbocycles. The highest BCUT2D eigenvalue weighted by molar-refractivity contribution is 5.99. The van der Waals surface area contributed by atoms with E-state index in [4.69, 9.17) is 0 Å². The molecule has 94 valence electrons. The van der Waals surface area contributed by atoms with Crippen molar-refractivity contribution in [1.82, 2.24) is 9.88 Å². The average molecular weight is 243 g/mol. The molecule has 2 N–H and O–H groups in total. The fraction of sp³-hybridized carbons (Fsp3) is 0.214. The van der Waals surface area contributed by atoms with Crippen molar-refractivity contribution in [3.63, 3.8) is 0 Å². The number of hydrogen-bond acceptors (Lipinski definition) is 2. The van der Waals surface area contributed by atoms with Crippen molar-refractivity contribution in [3.05, 3.63) is 54.4 Å². The molecule has 0 saturated heterocycles. The quantitative estimate of drug-likeness (QED) is 0.843. The largest absolute Gasteiger partial charge is 0.387 e. The van der Waals surface area contributed by atoms with E-state index in [-0.39, 0.29) is 5.91 Å². The Bertz CT molecular complexity index is 506. The van der Waals surface area contributed by atoms with Crippen molar-refractivity contribution >= 4 is 11.6 Å². The van der Waals surface area contributed by atoms with Crippen molar-refractivity contribution < 1.29 is 4.79 Å². The molecule has 0 atom stereocenters. The highest BCUT2D eigenvalue weighted by atomic mass is 16.1. The van der Waals surface area contributed by atoms with Crippen LogP contribution >= 0.6 is 0 Å². The average Bonchev–Trinajstić information content (AvgIpc) is 2.91. The number of nitrogens with one attached hydrogen (secondary N) is 2. The number of carbonyl (C=O) groups is 1. The summed E-state index contributed by atoms with van der Waals surface area (Å²) in [6.45, 7) is 1.39. The second kappa shape index (κ2) is 5.91. The Morgan fingerprint density at radius 3 is 2.61 bits per heavy atom. The summed E-state index contributed by atoms with van der Waals surface area (Å²) in [7, 11) is 1.81. The Kier molecular flexibility index (Phi) is 4.02. The van der Waals surface area contributed by atoms with Crippen LogP contribution in [0, 0.1) is 0 Å². The lowest BCUT2D eigenvalue weighted by Gasteiger charge is -2.10. The molecule has 0 aliphatic carbocycles. The van der Waals surface area contributed by atoms with Gasteiger partial charge in [0.2, 0.25) is 0 Å². The number of carbonyl (C=O) groups excluding carboxylic acids is 1. The second-order valence-corrected chi connectivity index (χ2v) is 3.97. The first-order valence-corrected chi connectivity index (χ1v) is 5.97. The van der Waals surface area contributed by atoms with Crippen LogP contribution in [-0.4, -0.2) is 24.1 Å². The third-order valence-electron chi connectivity index (χ3n) is 2.76. The maximum absolute atomic E-state index is 12.0. The van der Waals surface area contributed by atoms with Gasteiger partial charge in [-0.1, -0.05) is 12.1 Å². The minimum Gasteiger partial charge on any atom is -0.387 e. The number of nitrogens with zero attached hydrogens (tertiary/aromatic N) is 1. The first-order valence-electron chi connectivity index (χ1n) is 5.97. The number of anilines is 1. The molecule has 4 heteroatoms. The molecule has 2 rings (SSSR count). The molecule has 1 amide bonds. The number of para-hydroxylation sites is 1. The molecule has 0 aliphatic heterocycles. The monoisotopic (exact) mass is 243 g/mol. The molecule has 0 fully saturated rings. The lowest BCUT2D eigenvalue weighted by Crippen LogP contribution is -2.27. The predicted octanol–water partition coefficient (Wildman–Crippen LogP) is 1.96. The van der Waals surface area contributed by atoms with Crippen LogP contribution < -0.4 is 10.6 Å². The normalized spacial score (nSPS) is 10.1. The van der Waals surface area contributed by atoms with Gasteiger partial charge in [0.05, 0.1) is 5.56 Å². The van der Waals surface area contributed by atoms with Gasteiger partial charge in [0.1, 0.15) is 0 Å². The summed E-state index contributed by atoms with van der Waals surface area (Å²) in [6.07, 6.45) is 3.96. The van der Waals surface area contributed by atoms with Gasteiger partial charge < -0.3 is 15.2 Å². The lowest BCUT2D eigenvalue weighted by molar-refractivity contribution is 0.0953. The van der Waals surface area contributed by atoms with E-state index < -0.39 is 0 Å². The Morgan fingerprint density at radius 1 is 1.17 bits per heavy atom. The van der Waals surface area contributed by atoms with E-state index in [0.29, 0.717) is 12.1 Å². The van der Waals surface area contributed by atoms with Gasteiger partial charge in [-0.3, -0.25) is 4.79 Å². The lowest BCUT2D eigenvalue weighted by atomic mass is 10.1. The molecule has 2 aromatic rings. The molecule has 1 aromatic heterocycles. The molecule has 0 spiro atoms. The van der Waals surface area contributed by atoms with Gasteiger partial charge in [0, 0.05) is 38.2 Å². The van der Waals surface area contributed by atoms with Crippen LogP contribution in [0.2, 0.25) is 0 Å². The maximum Gasteiger partial charge on any atom is 0.253 e. The summed E-state index contributed by atoms with van der Waals surface area (Å²) in [5.41, 5.74) is 1.52. The molecular formula is C14H17N3O. The molecule has 0 aliphatic rings. The molecule has 0 bridgehead atoms. The Morgan fingerprint density at radius 2 is 1.89 bits per heavy atom. The topological polar surface area (TPSA) is 46.1 Å². The van der Waals surface area contributed by atoms with E-state index in [1.807, 2.05) is 60.4 Å². The maximum atomic E-state index is 12.0. The van der Waals surface area contributed by atoms with Crippen LogP contribution in [0.15, 0.2) is 48.8 Å². The number of aromatic nitrogens is 1. The van der Waals surface area contributed by atoms with E-state index in [1.54, 1.807) is 0 Å². The standard InChI is InChI=1S/C14H17N3O/c1-15-13-7-3-2-6-12(13)14(18)16-8-11-17-9-4-5-10-17/h2-7,9-10,15H,8,11H2,1H3,(H,16,18). The summed E-state index contributed by atoms with van der Waals surface area (Å²) in [5, 5.41) is 5.93. The van der Waals surface area contributed by atoms with Gasteiger partial charge in [-0.2, -0.15) is 0 Å². The second-order valence-electron chi connectivity index (χ2n) is 3.97. The van der Waals surface area contributed by atoms with Gasteiger partial charge in [0.25, 0.3) is 5.91 Å². The number of hydrogen-bond donors (Lipinski definition) is 2. The van der Waals surface area contributed by atoms with Crippen LogP contribution in [0.5, 0.6) is 0 Å². The molecule has 4 nitrogen and oxygen atoms in total. The van der Waals surface area contributed by atoms with Crippen molar-refractivity contribution in [2.24, 2.45) is 0 Å². The number of amides is 1.